The quantitative estimate of drug-likeness (QED) is 0.289. The average molecular weight is 584 g/mol. The molecule has 0 spiro atoms. The van der Waals surface area contributed by atoms with Crippen LogP contribution in [0.5, 0.6) is 0 Å². The first-order chi connectivity index (χ1) is 19.0. The summed E-state index contributed by atoms with van der Waals surface area (Å²) in [6.45, 7) is 9.02. The number of aryl methyl sites for hydroxylation is 2. The van der Waals surface area contributed by atoms with Gasteiger partial charge < -0.3 is 10.2 Å². The van der Waals surface area contributed by atoms with Crippen molar-refractivity contribution in [2.24, 2.45) is 0 Å². The summed E-state index contributed by atoms with van der Waals surface area (Å²) in [6, 6.07) is 19.9. The van der Waals surface area contributed by atoms with Crippen LogP contribution in [0.3, 0.4) is 0 Å². The Morgan fingerprint density at radius 1 is 0.925 bits per heavy atom. The van der Waals surface area contributed by atoms with Crippen molar-refractivity contribution < 1.29 is 18.0 Å². The summed E-state index contributed by atoms with van der Waals surface area (Å²) in [6.07, 6.45) is 1.11. The number of sulfonamides is 1. The Labute approximate surface area is 243 Å². The van der Waals surface area contributed by atoms with Crippen LogP contribution in [0.4, 0.5) is 5.69 Å². The van der Waals surface area contributed by atoms with Crippen LogP contribution in [0.15, 0.2) is 77.7 Å². The summed E-state index contributed by atoms with van der Waals surface area (Å²) in [7, 11) is -4.14. The minimum Gasteiger partial charge on any atom is -0.352 e. The highest BCUT2D eigenvalue weighted by Crippen LogP contribution is 2.29. The van der Waals surface area contributed by atoms with Gasteiger partial charge in [-0.05, 0) is 75.1 Å². The number of nitrogens with one attached hydrogen (secondary N) is 1. The van der Waals surface area contributed by atoms with Crippen LogP contribution in [0.2, 0.25) is 5.02 Å². The lowest BCUT2D eigenvalue weighted by molar-refractivity contribution is -0.140. The standard InChI is InChI=1S/C31H38ClN3O4S/c1-6-24(5)33-31(37)28(7-2)34(20-25-11-9-8-10-12-25)30(36)21-35(29-18-15-26(32)19-23(29)4)40(38,39)27-16-13-22(3)14-17-27/h8-19,24,28H,6-7,20-21H2,1-5H3,(H,33,37)/t24-,28+/m1/s1. The van der Waals surface area contributed by atoms with Crippen molar-refractivity contribution in [2.75, 3.05) is 10.8 Å². The molecular formula is C31H38ClN3O4S. The molecule has 0 fully saturated rings. The van der Waals surface area contributed by atoms with Gasteiger partial charge in [0.05, 0.1) is 10.6 Å². The molecule has 0 aliphatic heterocycles. The fourth-order valence-corrected chi connectivity index (χ4v) is 6.10. The third kappa shape index (κ3) is 7.64. The van der Waals surface area contributed by atoms with Crippen molar-refractivity contribution in [3.63, 3.8) is 0 Å². The number of hydrogen-bond acceptors (Lipinski definition) is 4. The first-order valence-electron chi connectivity index (χ1n) is 13.5. The van der Waals surface area contributed by atoms with Crippen LogP contribution < -0.4 is 9.62 Å². The normalized spacial score (nSPS) is 12.8. The van der Waals surface area contributed by atoms with Gasteiger partial charge in [0.2, 0.25) is 11.8 Å². The predicted octanol–water partition coefficient (Wildman–Crippen LogP) is 5.87. The Morgan fingerprint density at radius 2 is 1.57 bits per heavy atom. The predicted molar refractivity (Wildman–Crippen MR) is 161 cm³/mol. The zero-order chi connectivity index (χ0) is 29.4. The van der Waals surface area contributed by atoms with Crippen molar-refractivity contribution in [3.05, 3.63) is 94.5 Å². The van der Waals surface area contributed by atoms with Crippen LogP contribution in [0.25, 0.3) is 0 Å². The summed E-state index contributed by atoms with van der Waals surface area (Å²) < 4.78 is 29.1. The summed E-state index contributed by atoms with van der Waals surface area (Å²) >= 11 is 6.18. The van der Waals surface area contributed by atoms with Crippen molar-refractivity contribution in [1.82, 2.24) is 10.2 Å². The van der Waals surface area contributed by atoms with Gasteiger partial charge >= 0.3 is 0 Å². The monoisotopic (exact) mass is 583 g/mol. The van der Waals surface area contributed by atoms with Gasteiger partial charge in [-0.15, -0.1) is 0 Å². The summed E-state index contributed by atoms with van der Waals surface area (Å²) in [5.41, 5.74) is 2.69. The molecule has 0 radical (unpaired) electrons. The maximum atomic E-state index is 14.1. The van der Waals surface area contributed by atoms with Gasteiger partial charge in [-0.3, -0.25) is 13.9 Å². The van der Waals surface area contributed by atoms with E-state index in [1.54, 1.807) is 37.3 Å². The lowest BCUT2D eigenvalue weighted by Gasteiger charge is -2.34. The number of halogens is 1. The van der Waals surface area contributed by atoms with E-state index in [-0.39, 0.29) is 23.4 Å². The number of carbonyl (C=O) groups is 2. The molecule has 0 saturated heterocycles. The highest BCUT2D eigenvalue weighted by Gasteiger charge is 2.34. The highest BCUT2D eigenvalue weighted by atomic mass is 35.5. The van der Waals surface area contributed by atoms with E-state index >= 15 is 0 Å². The summed E-state index contributed by atoms with van der Waals surface area (Å²) in [4.78, 5) is 29.0. The van der Waals surface area contributed by atoms with E-state index in [2.05, 4.69) is 5.32 Å². The van der Waals surface area contributed by atoms with Crippen molar-refractivity contribution in [3.8, 4) is 0 Å². The van der Waals surface area contributed by atoms with Crippen molar-refractivity contribution in [1.29, 1.82) is 0 Å². The third-order valence-electron chi connectivity index (χ3n) is 6.90. The number of carbonyl (C=O) groups excluding carboxylic acids is 2. The second-order valence-corrected chi connectivity index (χ2v) is 12.3. The van der Waals surface area contributed by atoms with E-state index in [0.29, 0.717) is 22.7 Å². The molecule has 7 nitrogen and oxygen atoms in total. The van der Waals surface area contributed by atoms with Crippen LogP contribution in [-0.4, -0.2) is 43.8 Å². The molecule has 3 aromatic rings. The Morgan fingerprint density at radius 3 is 2.15 bits per heavy atom. The highest BCUT2D eigenvalue weighted by molar-refractivity contribution is 7.92. The fourth-order valence-electron chi connectivity index (χ4n) is 4.39. The number of anilines is 1. The van der Waals surface area contributed by atoms with Crippen molar-refractivity contribution >= 4 is 39.1 Å². The first-order valence-corrected chi connectivity index (χ1v) is 15.3. The Balaban J connectivity index is 2.08. The molecule has 2 atom stereocenters. The molecule has 9 heteroatoms. The van der Waals surface area contributed by atoms with E-state index in [1.165, 1.54) is 17.0 Å². The van der Waals surface area contributed by atoms with E-state index in [4.69, 9.17) is 11.6 Å². The van der Waals surface area contributed by atoms with Gasteiger partial charge in [-0.1, -0.05) is 73.5 Å². The summed E-state index contributed by atoms with van der Waals surface area (Å²) in [5.74, 6) is -0.753. The fraction of sp³-hybridized carbons (Fsp3) is 0.355. The molecular weight excluding hydrogens is 546 g/mol. The molecule has 2 amide bonds. The zero-order valence-corrected chi connectivity index (χ0v) is 25.3. The summed E-state index contributed by atoms with van der Waals surface area (Å²) in [5, 5.41) is 3.44. The maximum Gasteiger partial charge on any atom is 0.264 e. The van der Waals surface area contributed by atoms with Crippen LogP contribution in [-0.2, 0) is 26.2 Å². The van der Waals surface area contributed by atoms with Crippen LogP contribution >= 0.6 is 11.6 Å². The topological polar surface area (TPSA) is 86.8 Å². The van der Waals surface area contributed by atoms with Gasteiger partial charge in [0, 0.05) is 17.6 Å². The Kier molecular flexibility index (Phi) is 10.8. The minimum atomic E-state index is -4.14. The molecule has 1 N–H and O–H groups in total. The lowest BCUT2D eigenvalue weighted by atomic mass is 10.1. The Bertz CT molecular complexity index is 1410. The second-order valence-electron chi connectivity index (χ2n) is 10.0. The van der Waals surface area contributed by atoms with E-state index < -0.39 is 28.5 Å². The molecule has 40 heavy (non-hydrogen) atoms. The average Bonchev–Trinajstić information content (AvgIpc) is 2.92. The molecule has 3 aromatic carbocycles. The van der Waals surface area contributed by atoms with Gasteiger partial charge in [0.25, 0.3) is 10.0 Å². The molecule has 214 valence electrons. The molecule has 0 aromatic heterocycles. The van der Waals surface area contributed by atoms with Gasteiger partial charge in [0.1, 0.15) is 12.6 Å². The maximum absolute atomic E-state index is 14.1. The number of benzene rings is 3. The second kappa shape index (κ2) is 13.8. The van der Waals surface area contributed by atoms with Gasteiger partial charge in [0.15, 0.2) is 0 Å². The molecule has 0 heterocycles. The minimum absolute atomic E-state index is 0.0645. The number of amides is 2. The largest absolute Gasteiger partial charge is 0.352 e. The van der Waals surface area contributed by atoms with E-state index in [0.717, 1.165) is 21.9 Å². The molecule has 0 aliphatic carbocycles. The SMILES string of the molecule is CC[C@@H](C)NC(=O)[C@H](CC)N(Cc1ccccc1)C(=O)CN(c1ccc(Cl)cc1C)S(=O)(=O)c1ccc(C)cc1. The van der Waals surface area contributed by atoms with Crippen molar-refractivity contribution in [2.45, 2.75) is 71.0 Å². The van der Waals surface area contributed by atoms with E-state index in [9.17, 15) is 18.0 Å². The molecule has 0 unspecified atom stereocenters. The molecule has 0 saturated carbocycles. The van der Waals surface area contributed by atoms with E-state index in [1.807, 2.05) is 58.0 Å². The molecule has 0 bridgehead atoms. The number of hydrogen-bond donors (Lipinski definition) is 1. The third-order valence-corrected chi connectivity index (χ3v) is 8.91. The van der Waals surface area contributed by atoms with Crippen LogP contribution in [0.1, 0.15) is 50.3 Å². The number of nitrogens with zero attached hydrogens (tertiary/aromatic N) is 2. The van der Waals surface area contributed by atoms with Gasteiger partial charge in [-0.2, -0.15) is 0 Å². The van der Waals surface area contributed by atoms with Crippen LogP contribution in [0, 0.1) is 13.8 Å². The Hall–Kier alpha value is -3.36. The number of rotatable bonds is 12. The molecule has 3 rings (SSSR count). The molecule has 0 aliphatic rings. The first kappa shape index (κ1) is 31.2. The zero-order valence-electron chi connectivity index (χ0n) is 23.7. The van der Waals surface area contributed by atoms with Gasteiger partial charge in [-0.25, -0.2) is 8.42 Å². The lowest BCUT2D eigenvalue weighted by Crippen LogP contribution is -2.53. The smallest absolute Gasteiger partial charge is 0.264 e.